The van der Waals surface area contributed by atoms with E-state index in [1.54, 1.807) is 0 Å². The molecular formula is C9H14O2. The predicted molar refractivity (Wildman–Crippen MR) is 41.0 cm³/mol. The van der Waals surface area contributed by atoms with Crippen molar-refractivity contribution in [2.75, 3.05) is 6.61 Å². The molecule has 1 N–H and O–H groups in total. The molecule has 0 aromatic carbocycles. The summed E-state index contributed by atoms with van der Waals surface area (Å²) < 4.78 is 0. The number of rotatable bonds is 1. The Balaban J connectivity index is 2.16. The molecule has 0 aromatic rings. The van der Waals surface area contributed by atoms with Crippen LogP contribution in [0.25, 0.3) is 0 Å². The SMILES string of the molecule is C[C@@]12CCC(=O)[C@@H]1C[C@H]2CO. The maximum atomic E-state index is 11.2. The van der Waals surface area contributed by atoms with Gasteiger partial charge in [0.15, 0.2) is 0 Å². The van der Waals surface area contributed by atoms with E-state index < -0.39 is 0 Å². The average molecular weight is 154 g/mol. The number of carbonyl (C=O) groups excluding carboxylic acids is 1. The number of hydrogen-bond acceptors (Lipinski definition) is 2. The van der Waals surface area contributed by atoms with Crippen LogP contribution in [-0.4, -0.2) is 17.5 Å². The topological polar surface area (TPSA) is 37.3 Å². The van der Waals surface area contributed by atoms with Crippen molar-refractivity contribution in [3.05, 3.63) is 0 Å². The van der Waals surface area contributed by atoms with Gasteiger partial charge in [-0.3, -0.25) is 4.79 Å². The molecule has 2 fully saturated rings. The van der Waals surface area contributed by atoms with Crippen LogP contribution in [0.2, 0.25) is 0 Å². The molecule has 2 saturated carbocycles. The summed E-state index contributed by atoms with van der Waals surface area (Å²) >= 11 is 0. The molecule has 0 saturated heterocycles. The van der Waals surface area contributed by atoms with Gasteiger partial charge in [-0.25, -0.2) is 0 Å². The normalized spacial score (nSPS) is 48.7. The highest BCUT2D eigenvalue weighted by atomic mass is 16.3. The molecule has 2 nitrogen and oxygen atoms in total. The summed E-state index contributed by atoms with van der Waals surface area (Å²) in [5.74, 6) is 1.12. The smallest absolute Gasteiger partial charge is 0.136 e. The second kappa shape index (κ2) is 2.07. The minimum Gasteiger partial charge on any atom is -0.396 e. The summed E-state index contributed by atoms with van der Waals surface area (Å²) in [7, 11) is 0. The summed E-state index contributed by atoms with van der Waals surface area (Å²) in [5.41, 5.74) is 0.172. The van der Waals surface area contributed by atoms with Gasteiger partial charge in [-0.05, 0) is 24.2 Å². The second-order valence-corrected chi connectivity index (χ2v) is 4.14. The van der Waals surface area contributed by atoms with Crippen LogP contribution in [0.15, 0.2) is 0 Å². The van der Waals surface area contributed by atoms with Crippen LogP contribution in [-0.2, 0) is 4.79 Å². The minimum absolute atomic E-state index is 0.172. The number of aliphatic hydroxyl groups is 1. The molecule has 0 radical (unpaired) electrons. The maximum absolute atomic E-state index is 11.2. The Morgan fingerprint density at radius 1 is 1.73 bits per heavy atom. The zero-order valence-electron chi connectivity index (χ0n) is 6.84. The van der Waals surface area contributed by atoms with E-state index in [1.165, 1.54) is 0 Å². The van der Waals surface area contributed by atoms with Crippen molar-refractivity contribution in [1.29, 1.82) is 0 Å². The van der Waals surface area contributed by atoms with Gasteiger partial charge in [0, 0.05) is 18.9 Å². The first-order chi connectivity index (χ1) is 5.18. The van der Waals surface area contributed by atoms with E-state index >= 15 is 0 Å². The number of hydrogen-bond donors (Lipinski definition) is 1. The predicted octanol–water partition coefficient (Wildman–Crippen LogP) is 0.984. The number of Topliss-reactive ketones (excluding diaryl/α,β-unsaturated/α-hetero) is 1. The van der Waals surface area contributed by atoms with Gasteiger partial charge in [0.1, 0.15) is 5.78 Å². The van der Waals surface area contributed by atoms with Crippen molar-refractivity contribution in [2.45, 2.75) is 26.2 Å². The highest BCUT2D eigenvalue weighted by molar-refractivity contribution is 5.85. The van der Waals surface area contributed by atoms with Crippen molar-refractivity contribution in [3.8, 4) is 0 Å². The van der Waals surface area contributed by atoms with Crippen LogP contribution in [0, 0.1) is 17.3 Å². The lowest BCUT2D eigenvalue weighted by molar-refractivity contribution is -0.131. The molecule has 2 heteroatoms. The maximum Gasteiger partial charge on any atom is 0.136 e. The third-order valence-electron chi connectivity index (χ3n) is 3.77. The first kappa shape index (κ1) is 7.29. The first-order valence-electron chi connectivity index (χ1n) is 4.32. The fourth-order valence-electron chi connectivity index (χ4n) is 2.67. The molecule has 62 valence electrons. The number of ketones is 1. The van der Waals surface area contributed by atoms with E-state index in [4.69, 9.17) is 5.11 Å². The van der Waals surface area contributed by atoms with E-state index in [0.717, 1.165) is 19.3 Å². The van der Waals surface area contributed by atoms with E-state index in [0.29, 0.717) is 17.6 Å². The Hall–Kier alpha value is -0.370. The van der Waals surface area contributed by atoms with Crippen molar-refractivity contribution in [3.63, 3.8) is 0 Å². The van der Waals surface area contributed by atoms with Gasteiger partial charge in [-0.15, -0.1) is 0 Å². The third-order valence-corrected chi connectivity index (χ3v) is 3.77. The van der Waals surface area contributed by atoms with Crippen LogP contribution < -0.4 is 0 Å². The van der Waals surface area contributed by atoms with Crippen LogP contribution in [0.3, 0.4) is 0 Å². The molecule has 2 aliphatic carbocycles. The van der Waals surface area contributed by atoms with E-state index in [2.05, 4.69) is 6.92 Å². The lowest BCUT2D eigenvalue weighted by atomic mass is 9.55. The minimum atomic E-state index is 0.172. The Morgan fingerprint density at radius 2 is 2.45 bits per heavy atom. The van der Waals surface area contributed by atoms with E-state index in [-0.39, 0.29) is 12.0 Å². The fourth-order valence-corrected chi connectivity index (χ4v) is 2.67. The Labute approximate surface area is 66.6 Å². The molecule has 0 unspecified atom stereocenters. The lowest BCUT2D eigenvalue weighted by Crippen LogP contribution is -2.47. The Kier molecular flexibility index (Phi) is 1.37. The van der Waals surface area contributed by atoms with Gasteiger partial charge < -0.3 is 5.11 Å². The summed E-state index contributed by atoms with van der Waals surface area (Å²) in [6.45, 7) is 2.41. The van der Waals surface area contributed by atoms with Crippen molar-refractivity contribution >= 4 is 5.78 Å². The zero-order chi connectivity index (χ0) is 8.06. The van der Waals surface area contributed by atoms with Gasteiger partial charge >= 0.3 is 0 Å². The molecule has 3 atom stereocenters. The highest BCUT2D eigenvalue weighted by Crippen LogP contribution is 2.59. The Bertz CT molecular complexity index is 200. The molecule has 0 bridgehead atoms. The summed E-state index contributed by atoms with van der Waals surface area (Å²) in [6, 6.07) is 0. The molecule has 0 amide bonds. The largest absolute Gasteiger partial charge is 0.396 e. The van der Waals surface area contributed by atoms with Crippen molar-refractivity contribution in [2.24, 2.45) is 17.3 Å². The zero-order valence-corrected chi connectivity index (χ0v) is 6.84. The van der Waals surface area contributed by atoms with Gasteiger partial charge in [0.05, 0.1) is 0 Å². The molecule has 0 aliphatic heterocycles. The quantitative estimate of drug-likeness (QED) is 0.611. The monoisotopic (exact) mass is 154 g/mol. The van der Waals surface area contributed by atoms with Crippen LogP contribution in [0.5, 0.6) is 0 Å². The standard InChI is InChI=1S/C9H14O2/c1-9-3-2-8(11)7(9)4-6(9)5-10/h6-7,10H,2-5H2,1H3/t6-,7-,9-/m0/s1. The van der Waals surface area contributed by atoms with E-state index in [1.807, 2.05) is 0 Å². The molecule has 0 aromatic heterocycles. The third kappa shape index (κ3) is 0.734. The fraction of sp³-hybridized carbons (Fsp3) is 0.889. The Morgan fingerprint density at radius 3 is 3.00 bits per heavy atom. The summed E-state index contributed by atoms with van der Waals surface area (Å²) in [5, 5.41) is 8.97. The van der Waals surface area contributed by atoms with Gasteiger partial charge in [-0.2, -0.15) is 0 Å². The second-order valence-electron chi connectivity index (χ2n) is 4.14. The molecule has 2 rings (SSSR count). The summed E-state index contributed by atoms with van der Waals surface area (Å²) in [6.07, 6.45) is 2.69. The molecule has 11 heavy (non-hydrogen) atoms. The van der Waals surface area contributed by atoms with Crippen LogP contribution in [0.1, 0.15) is 26.2 Å². The summed E-state index contributed by atoms with van der Waals surface area (Å²) in [4.78, 5) is 11.2. The molecule has 2 aliphatic rings. The lowest BCUT2D eigenvalue weighted by Gasteiger charge is -2.48. The molecule has 0 heterocycles. The van der Waals surface area contributed by atoms with E-state index in [9.17, 15) is 4.79 Å². The number of fused-ring (bicyclic) bond motifs is 1. The van der Waals surface area contributed by atoms with Crippen molar-refractivity contribution in [1.82, 2.24) is 0 Å². The highest BCUT2D eigenvalue weighted by Gasteiger charge is 2.57. The van der Waals surface area contributed by atoms with Crippen molar-refractivity contribution < 1.29 is 9.90 Å². The molecule has 0 spiro atoms. The molecular weight excluding hydrogens is 140 g/mol. The first-order valence-corrected chi connectivity index (χ1v) is 4.32. The number of carbonyl (C=O) groups is 1. The van der Waals surface area contributed by atoms with Gasteiger partial charge in [0.2, 0.25) is 0 Å². The van der Waals surface area contributed by atoms with Gasteiger partial charge in [0.25, 0.3) is 0 Å². The average Bonchev–Trinajstić information content (AvgIpc) is 2.16. The number of aliphatic hydroxyl groups excluding tert-OH is 1. The van der Waals surface area contributed by atoms with Crippen LogP contribution in [0.4, 0.5) is 0 Å². The van der Waals surface area contributed by atoms with Crippen LogP contribution >= 0.6 is 0 Å². The van der Waals surface area contributed by atoms with Gasteiger partial charge in [-0.1, -0.05) is 6.92 Å².